The Kier molecular flexibility index (Phi) is 6.01. The molecular weight excluding hydrogens is 212 g/mol. The van der Waals surface area contributed by atoms with Crippen LogP contribution in [0.1, 0.15) is 37.3 Å². The molecule has 0 atom stereocenters. The van der Waals surface area contributed by atoms with Gasteiger partial charge in [0.1, 0.15) is 5.75 Å². The fraction of sp³-hybridized carbons (Fsp3) is 0.571. The maximum atomic E-state index is 5.45. The van der Waals surface area contributed by atoms with Crippen molar-refractivity contribution in [3.8, 4) is 5.75 Å². The summed E-state index contributed by atoms with van der Waals surface area (Å²) in [4.78, 5) is 0. The van der Waals surface area contributed by atoms with Gasteiger partial charge < -0.3 is 15.8 Å². The molecule has 0 fully saturated rings. The average molecular weight is 236 g/mol. The maximum absolute atomic E-state index is 5.45. The SMILES string of the molecule is COc1cc(C(C)C)ccc1CNCCCN. The van der Waals surface area contributed by atoms with E-state index in [0.29, 0.717) is 5.92 Å². The van der Waals surface area contributed by atoms with E-state index in [1.807, 2.05) is 0 Å². The first-order valence-electron chi connectivity index (χ1n) is 6.26. The van der Waals surface area contributed by atoms with Crippen molar-refractivity contribution < 1.29 is 4.74 Å². The van der Waals surface area contributed by atoms with Crippen LogP contribution in [0.5, 0.6) is 5.75 Å². The minimum absolute atomic E-state index is 0.531. The van der Waals surface area contributed by atoms with E-state index < -0.39 is 0 Å². The molecule has 0 aliphatic heterocycles. The number of nitrogens with one attached hydrogen (secondary N) is 1. The highest BCUT2D eigenvalue weighted by Crippen LogP contribution is 2.24. The van der Waals surface area contributed by atoms with Crippen molar-refractivity contribution in [3.63, 3.8) is 0 Å². The highest BCUT2D eigenvalue weighted by Gasteiger charge is 2.06. The Morgan fingerprint density at radius 2 is 2.12 bits per heavy atom. The van der Waals surface area contributed by atoms with E-state index in [1.54, 1.807) is 7.11 Å². The van der Waals surface area contributed by atoms with Gasteiger partial charge in [0.05, 0.1) is 7.11 Å². The number of hydrogen-bond acceptors (Lipinski definition) is 3. The average Bonchev–Trinajstić information content (AvgIpc) is 2.34. The van der Waals surface area contributed by atoms with Crippen LogP contribution in [0, 0.1) is 0 Å². The molecule has 96 valence electrons. The van der Waals surface area contributed by atoms with Crippen LogP contribution in [0.15, 0.2) is 18.2 Å². The third-order valence-electron chi connectivity index (χ3n) is 2.85. The number of hydrogen-bond donors (Lipinski definition) is 2. The second-order valence-electron chi connectivity index (χ2n) is 4.54. The molecule has 0 aliphatic carbocycles. The highest BCUT2D eigenvalue weighted by atomic mass is 16.5. The van der Waals surface area contributed by atoms with E-state index in [2.05, 4.69) is 37.4 Å². The first-order valence-corrected chi connectivity index (χ1v) is 6.26. The number of nitrogens with two attached hydrogens (primary N) is 1. The van der Waals surface area contributed by atoms with Gasteiger partial charge in [-0.25, -0.2) is 0 Å². The van der Waals surface area contributed by atoms with E-state index >= 15 is 0 Å². The maximum Gasteiger partial charge on any atom is 0.123 e. The molecule has 3 nitrogen and oxygen atoms in total. The number of benzene rings is 1. The van der Waals surface area contributed by atoms with Crippen LogP contribution in [-0.4, -0.2) is 20.2 Å². The third-order valence-corrected chi connectivity index (χ3v) is 2.85. The van der Waals surface area contributed by atoms with Gasteiger partial charge >= 0.3 is 0 Å². The first-order chi connectivity index (χ1) is 8.19. The van der Waals surface area contributed by atoms with Crippen LogP contribution >= 0.6 is 0 Å². The summed E-state index contributed by atoms with van der Waals surface area (Å²) in [5.74, 6) is 1.50. The molecule has 3 heteroatoms. The fourth-order valence-corrected chi connectivity index (χ4v) is 1.72. The summed E-state index contributed by atoms with van der Waals surface area (Å²) in [6.45, 7) is 6.89. The predicted molar refractivity (Wildman–Crippen MR) is 72.5 cm³/mol. The lowest BCUT2D eigenvalue weighted by atomic mass is 10.0. The van der Waals surface area contributed by atoms with Crippen molar-refractivity contribution in [3.05, 3.63) is 29.3 Å². The molecule has 1 aromatic carbocycles. The molecule has 0 aromatic heterocycles. The van der Waals surface area contributed by atoms with Crippen molar-refractivity contribution in [2.24, 2.45) is 5.73 Å². The van der Waals surface area contributed by atoms with Gasteiger partial charge in [0, 0.05) is 12.1 Å². The topological polar surface area (TPSA) is 47.3 Å². The molecule has 0 heterocycles. The van der Waals surface area contributed by atoms with Crippen LogP contribution < -0.4 is 15.8 Å². The third kappa shape index (κ3) is 4.36. The zero-order valence-electron chi connectivity index (χ0n) is 11.1. The smallest absolute Gasteiger partial charge is 0.123 e. The molecule has 0 unspecified atom stereocenters. The first kappa shape index (κ1) is 14.0. The molecule has 3 N–H and O–H groups in total. The minimum atomic E-state index is 0.531. The Bertz CT molecular complexity index is 337. The predicted octanol–water partition coefficient (Wildman–Crippen LogP) is 2.26. The quantitative estimate of drug-likeness (QED) is 0.714. The summed E-state index contributed by atoms with van der Waals surface area (Å²) in [5.41, 5.74) is 7.97. The number of ether oxygens (including phenoxy) is 1. The Balaban J connectivity index is 2.65. The van der Waals surface area contributed by atoms with Crippen molar-refractivity contribution in [1.82, 2.24) is 5.32 Å². The largest absolute Gasteiger partial charge is 0.496 e. The Hall–Kier alpha value is -1.06. The molecule has 0 radical (unpaired) electrons. The van der Waals surface area contributed by atoms with Crippen molar-refractivity contribution in [2.45, 2.75) is 32.7 Å². The monoisotopic (exact) mass is 236 g/mol. The molecule has 0 amide bonds. The van der Waals surface area contributed by atoms with Crippen LogP contribution in [-0.2, 0) is 6.54 Å². The van der Waals surface area contributed by atoms with Gasteiger partial charge in [-0.3, -0.25) is 0 Å². The second-order valence-corrected chi connectivity index (χ2v) is 4.54. The molecule has 0 aliphatic rings. The summed E-state index contributed by atoms with van der Waals surface area (Å²) in [6.07, 6.45) is 1.01. The highest BCUT2D eigenvalue weighted by molar-refractivity contribution is 5.38. The van der Waals surface area contributed by atoms with E-state index in [-0.39, 0.29) is 0 Å². The summed E-state index contributed by atoms with van der Waals surface area (Å²) < 4.78 is 5.43. The lowest BCUT2D eigenvalue weighted by molar-refractivity contribution is 0.407. The van der Waals surface area contributed by atoms with Crippen molar-refractivity contribution in [2.75, 3.05) is 20.2 Å². The molecule has 0 saturated heterocycles. The second kappa shape index (κ2) is 7.30. The van der Waals surface area contributed by atoms with E-state index in [9.17, 15) is 0 Å². The number of rotatable bonds is 7. The normalized spacial score (nSPS) is 10.9. The molecule has 17 heavy (non-hydrogen) atoms. The van der Waals surface area contributed by atoms with Crippen molar-refractivity contribution >= 4 is 0 Å². The molecule has 1 aromatic rings. The summed E-state index contributed by atoms with van der Waals surface area (Å²) >= 11 is 0. The molecule has 1 rings (SSSR count). The van der Waals surface area contributed by atoms with Gasteiger partial charge in [-0.05, 0) is 37.1 Å². The van der Waals surface area contributed by atoms with E-state index in [1.165, 1.54) is 11.1 Å². The van der Waals surface area contributed by atoms with Crippen molar-refractivity contribution in [1.29, 1.82) is 0 Å². The Morgan fingerprint density at radius 3 is 2.71 bits per heavy atom. The van der Waals surface area contributed by atoms with Gasteiger partial charge in [-0.1, -0.05) is 26.0 Å². The minimum Gasteiger partial charge on any atom is -0.496 e. The number of methoxy groups -OCH3 is 1. The lowest BCUT2D eigenvalue weighted by Gasteiger charge is -2.13. The molecule has 0 bridgehead atoms. The van der Waals surface area contributed by atoms with Gasteiger partial charge in [-0.2, -0.15) is 0 Å². The van der Waals surface area contributed by atoms with Crippen LogP contribution in [0.3, 0.4) is 0 Å². The molecule has 0 spiro atoms. The fourth-order valence-electron chi connectivity index (χ4n) is 1.72. The molecule has 0 saturated carbocycles. The van der Waals surface area contributed by atoms with Gasteiger partial charge in [0.15, 0.2) is 0 Å². The van der Waals surface area contributed by atoms with E-state index in [0.717, 1.165) is 31.8 Å². The Morgan fingerprint density at radius 1 is 1.35 bits per heavy atom. The molecular formula is C14H24N2O. The van der Waals surface area contributed by atoms with Crippen LogP contribution in [0.4, 0.5) is 0 Å². The summed E-state index contributed by atoms with van der Waals surface area (Å²) in [7, 11) is 1.73. The van der Waals surface area contributed by atoms with Gasteiger partial charge in [0.25, 0.3) is 0 Å². The van der Waals surface area contributed by atoms with Gasteiger partial charge in [-0.15, -0.1) is 0 Å². The summed E-state index contributed by atoms with van der Waals surface area (Å²) in [5, 5.41) is 3.37. The lowest BCUT2D eigenvalue weighted by Crippen LogP contribution is -2.18. The van der Waals surface area contributed by atoms with Crippen LogP contribution in [0.2, 0.25) is 0 Å². The Labute approximate surface area is 104 Å². The van der Waals surface area contributed by atoms with E-state index in [4.69, 9.17) is 10.5 Å². The summed E-state index contributed by atoms with van der Waals surface area (Å²) in [6, 6.07) is 6.45. The van der Waals surface area contributed by atoms with Gasteiger partial charge in [0.2, 0.25) is 0 Å². The van der Waals surface area contributed by atoms with Crippen LogP contribution in [0.25, 0.3) is 0 Å². The zero-order valence-corrected chi connectivity index (χ0v) is 11.1. The standard InChI is InChI=1S/C14H24N2O/c1-11(2)12-5-6-13(14(9-12)17-3)10-16-8-4-7-15/h5-6,9,11,16H,4,7-8,10,15H2,1-3H3. The zero-order chi connectivity index (χ0) is 12.7.